The highest BCUT2D eigenvalue weighted by molar-refractivity contribution is 7.18. The van der Waals surface area contributed by atoms with E-state index in [0.717, 1.165) is 28.9 Å². The average molecular weight is 369 g/mol. The van der Waals surface area contributed by atoms with Crippen LogP contribution in [0.3, 0.4) is 0 Å². The van der Waals surface area contributed by atoms with Gasteiger partial charge in [-0.25, -0.2) is 11.7 Å². The summed E-state index contributed by atoms with van der Waals surface area (Å²) in [5, 5.41) is 1.18. The van der Waals surface area contributed by atoms with Gasteiger partial charge < -0.3 is 4.42 Å². The molecule has 6 heteroatoms. The molecule has 0 amide bonds. The van der Waals surface area contributed by atoms with Gasteiger partial charge in [0.05, 0.1) is 11.8 Å². The van der Waals surface area contributed by atoms with Crippen molar-refractivity contribution < 1.29 is 13.8 Å². The predicted octanol–water partition coefficient (Wildman–Crippen LogP) is 3.12. The number of rotatable bonds is 4. The fourth-order valence-corrected chi connectivity index (χ4v) is 4.66. The minimum Gasteiger partial charge on any atom is -0.399 e. The molecule has 5 nitrogen and oxygen atoms in total. The molecule has 0 aliphatic heterocycles. The first-order valence-corrected chi connectivity index (χ1v) is 9.69. The Balaban J connectivity index is 1.75. The van der Waals surface area contributed by atoms with Crippen molar-refractivity contribution in [2.75, 3.05) is 11.7 Å². The molecule has 1 atom stereocenters. The number of fused-ring (bicyclic) bond motifs is 2. The van der Waals surface area contributed by atoms with Crippen LogP contribution in [0.25, 0.3) is 21.3 Å². The number of oxazole rings is 1. The number of hydrogen-bond acceptors (Lipinski definition) is 4. The summed E-state index contributed by atoms with van der Waals surface area (Å²) in [6, 6.07) is 14.2. The molecule has 0 spiro atoms. The maximum absolute atomic E-state index is 6.42. The number of thiazole rings is 1. The van der Waals surface area contributed by atoms with E-state index in [2.05, 4.69) is 39.0 Å². The highest BCUT2D eigenvalue weighted by atomic mass is 32.1. The molecule has 0 saturated carbocycles. The largest absolute Gasteiger partial charge is 0.399 e. The summed E-state index contributed by atoms with van der Waals surface area (Å²) in [6.45, 7) is 6.47. The molecule has 0 aliphatic rings. The molecule has 134 valence electrons. The number of nitrogens with zero attached hydrogens (tertiary/aromatic N) is 2. The van der Waals surface area contributed by atoms with Crippen molar-refractivity contribution in [1.29, 1.82) is 0 Å². The second-order valence-electron chi connectivity index (χ2n) is 7.11. The smallest absolute Gasteiger partial charge is 0.379 e. The van der Waals surface area contributed by atoms with Crippen LogP contribution < -0.4 is 21.0 Å². The van der Waals surface area contributed by atoms with E-state index in [1.165, 1.54) is 15.3 Å². The zero-order valence-corrected chi connectivity index (χ0v) is 16.1. The zero-order valence-electron chi connectivity index (χ0n) is 15.3. The molecular formula is C20H24N4OS+2. The predicted molar refractivity (Wildman–Crippen MR) is 105 cm³/mol. The normalized spacial score (nSPS) is 13.1. The van der Waals surface area contributed by atoms with Gasteiger partial charge in [0, 0.05) is 11.6 Å². The van der Waals surface area contributed by atoms with Crippen molar-refractivity contribution in [1.82, 2.24) is 0 Å². The number of nitrogens with two attached hydrogens (primary N) is 2. The van der Waals surface area contributed by atoms with E-state index < -0.39 is 0 Å². The SMILES string of the molecule is CC(C)c1sc2cccc(CC(C)c3oc4ccccc4[n+]3N)c2[n+]1N. The molecule has 2 aromatic carbocycles. The van der Waals surface area contributed by atoms with E-state index in [0.29, 0.717) is 5.92 Å². The van der Waals surface area contributed by atoms with Gasteiger partial charge in [-0.3, -0.25) is 0 Å². The van der Waals surface area contributed by atoms with Gasteiger partial charge in [-0.1, -0.05) is 54.1 Å². The maximum Gasteiger partial charge on any atom is 0.379 e. The Morgan fingerprint density at radius 2 is 1.77 bits per heavy atom. The lowest BCUT2D eigenvalue weighted by Gasteiger charge is -2.04. The van der Waals surface area contributed by atoms with Crippen molar-refractivity contribution >= 4 is 32.7 Å². The zero-order chi connectivity index (χ0) is 18.4. The topological polar surface area (TPSA) is 72.9 Å². The molecule has 26 heavy (non-hydrogen) atoms. The molecule has 4 rings (SSSR count). The highest BCUT2D eigenvalue weighted by Crippen LogP contribution is 2.30. The third-order valence-corrected chi connectivity index (χ3v) is 6.22. The number of benzene rings is 2. The van der Waals surface area contributed by atoms with Gasteiger partial charge in [-0.15, -0.1) is 0 Å². The van der Waals surface area contributed by atoms with Gasteiger partial charge in [0.25, 0.3) is 16.0 Å². The lowest BCUT2D eigenvalue weighted by atomic mass is 10.00. The summed E-state index contributed by atoms with van der Waals surface area (Å²) in [5.41, 5.74) is 4.02. The molecule has 0 aliphatic carbocycles. The maximum atomic E-state index is 6.42. The number of hydrogen-bond donors (Lipinski definition) is 2. The van der Waals surface area contributed by atoms with Crippen LogP contribution in [0.4, 0.5) is 0 Å². The molecule has 0 fully saturated rings. The molecule has 0 radical (unpaired) electrons. The van der Waals surface area contributed by atoms with Crippen LogP contribution >= 0.6 is 11.3 Å². The molecule has 4 aromatic rings. The third kappa shape index (κ3) is 2.61. The van der Waals surface area contributed by atoms with Gasteiger partial charge in [0.2, 0.25) is 5.58 Å². The number of aromatic nitrogens is 2. The Bertz CT molecular complexity index is 1100. The van der Waals surface area contributed by atoms with Crippen LogP contribution in [0.2, 0.25) is 0 Å². The van der Waals surface area contributed by atoms with Crippen molar-refractivity contribution in [3.05, 3.63) is 58.9 Å². The quantitative estimate of drug-likeness (QED) is 0.429. The molecule has 1 unspecified atom stereocenters. The number of nitrogen functional groups attached to an aromatic ring is 2. The van der Waals surface area contributed by atoms with Crippen LogP contribution in [0.5, 0.6) is 0 Å². The summed E-state index contributed by atoms with van der Waals surface area (Å²) in [5.74, 6) is 14.0. The van der Waals surface area contributed by atoms with Gasteiger partial charge in [-0.05, 0) is 30.2 Å². The Labute approximate surface area is 156 Å². The van der Waals surface area contributed by atoms with Crippen molar-refractivity contribution in [3.8, 4) is 0 Å². The molecule has 2 aromatic heterocycles. The highest BCUT2D eigenvalue weighted by Gasteiger charge is 2.30. The molecule has 0 saturated heterocycles. The number of para-hydroxylation sites is 3. The van der Waals surface area contributed by atoms with Crippen molar-refractivity contribution in [2.24, 2.45) is 0 Å². The van der Waals surface area contributed by atoms with E-state index in [4.69, 9.17) is 16.1 Å². The van der Waals surface area contributed by atoms with Crippen molar-refractivity contribution in [3.63, 3.8) is 0 Å². The molecular weight excluding hydrogens is 344 g/mol. The Hall–Kier alpha value is -2.60. The monoisotopic (exact) mass is 368 g/mol. The molecule has 0 bridgehead atoms. The van der Waals surface area contributed by atoms with E-state index in [1.54, 1.807) is 16.0 Å². The molecule has 4 N–H and O–H groups in total. The van der Waals surface area contributed by atoms with Gasteiger partial charge in [0.15, 0.2) is 0 Å². The summed E-state index contributed by atoms with van der Waals surface area (Å²) in [4.78, 5) is 0. The first-order chi connectivity index (χ1) is 12.5. The van der Waals surface area contributed by atoms with Crippen LogP contribution in [0.15, 0.2) is 46.9 Å². The molecule has 2 heterocycles. The fraction of sp³-hybridized carbons (Fsp3) is 0.300. The second kappa shape index (κ2) is 6.29. The first kappa shape index (κ1) is 16.8. The van der Waals surface area contributed by atoms with Gasteiger partial charge in [0.1, 0.15) is 4.70 Å². The van der Waals surface area contributed by atoms with Crippen LogP contribution in [0, 0.1) is 0 Å². The van der Waals surface area contributed by atoms with Crippen molar-refractivity contribution in [2.45, 2.75) is 39.0 Å². The van der Waals surface area contributed by atoms with Crippen LogP contribution in [0.1, 0.15) is 49.1 Å². The fourth-order valence-electron chi connectivity index (χ4n) is 3.53. The summed E-state index contributed by atoms with van der Waals surface area (Å²) in [7, 11) is 0. The van der Waals surface area contributed by atoms with E-state index in [9.17, 15) is 0 Å². The van der Waals surface area contributed by atoms with Gasteiger partial charge >= 0.3 is 5.89 Å². The lowest BCUT2D eigenvalue weighted by molar-refractivity contribution is -0.627. The van der Waals surface area contributed by atoms with Gasteiger partial charge in [-0.2, -0.15) is 0 Å². The average Bonchev–Trinajstić information content (AvgIpc) is 3.14. The first-order valence-electron chi connectivity index (χ1n) is 8.87. The Kier molecular flexibility index (Phi) is 4.07. The summed E-state index contributed by atoms with van der Waals surface area (Å²) < 4.78 is 10.7. The Morgan fingerprint density at radius 3 is 2.50 bits per heavy atom. The standard InChI is InChI=1S/C20H24N4OS/c1-12(2)20-24(22)18-14(7-6-10-17(18)26-20)11-13(3)19-23(21)15-8-4-5-9-16(15)25-19/h4-10,12-13H,11,21-22H2,1-3H3/q+2. The Morgan fingerprint density at radius 1 is 1.00 bits per heavy atom. The van der Waals surface area contributed by atoms with E-state index in [1.807, 2.05) is 28.9 Å². The second-order valence-corrected chi connectivity index (χ2v) is 8.17. The van der Waals surface area contributed by atoms with Crippen LogP contribution in [-0.2, 0) is 6.42 Å². The minimum absolute atomic E-state index is 0.125. The summed E-state index contributed by atoms with van der Waals surface area (Å²) >= 11 is 1.76. The third-order valence-electron chi connectivity index (χ3n) is 4.79. The van der Waals surface area contributed by atoms with E-state index >= 15 is 0 Å². The van der Waals surface area contributed by atoms with Crippen LogP contribution in [-0.4, -0.2) is 0 Å². The minimum atomic E-state index is 0.125. The van der Waals surface area contributed by atoms with E-state index in [-0.39, 0.29) is 5.92 Å². The lowest BCUT2D eigenvalue weighted by Crippen LogP contribution is -2.48. The summed E-state index contributed by atoms with van der Waals surface area (Å²) in [6.07, 6.45) is 0.805.